The Morgan fingerprint density at radius 2 is 2.24 bits per heavy atom. The van der Waals surface area contributed by atoms with Gasteiger partial charge in [-0.3, -0.25) is 9.59 Å². The Morgan fingerprint density at radius 3 is 2.96 bits per heavy atom. The topological polar surface area (TPSA) is 97.1 Å². The van der Waals surface area contributed by atoms with Crippen molar-refractivity contribution in [2.45, 2.75) is 51.1 Å². The maximum absolute atomic E-state index is 12.3. The van der Waals surface area contributed by atoms with Crippen LogP contribution in [0.15, 0.2) is 22.7 Å². The summed E-state index contributed by atoms with van der Waals surface area (Å²) in [5, 5.41) is 9.79. The molecule has 0 bridgehead atoms. The third-order valence-electron chi connectivity index (χ3n) is 4.88. The second-order valence-corrected chi connectivity index (χ2v) is 6.54. The Labute approximate surface area is 145 Å². The minimum absolute atomic E-state index is 0.00878. The van der Waals surface area contributed by atoms with Crippen molar-refractivity contribution in [3.63, 3.8) is 0 Å². The Morgan fingerprint density at radius 1 is 1.36 bits per heavy atom. The number of hydrogen-bond donors (Lipinski definition) is 2. The monoisotopic (exact) mass is 340 g/mol. The van der Waals surface area contributed by atoms with E-state index in [1.807, 2.05) is 19.1 Å². The van der Waals surface area contributed by atoms with Crippen LogP contribution >= 0.6 is 0 Å². The molecule has 25 heavy (non-hydrogen) atoms. The SMILES string of the molecule is CCc1nc(-c2ccc3c(c2)CC[C@H]3NC(=O)C2CCC(=O)N2)no1. The molecule has 4 rings (SSSR count). The summed E-state index contributed by atoms with van der Waals surface area (Å²) in [4.78, 5) is 28.0. The van der Waals surface area contributed by atoms with Crippen molar-refractivity contribution in [2.75, 3.05) is 0 Å². The average Bonchev–Trinajstić information content (AvgIpc) is 3.34. The number of amides is 2. The molecule has 2 aromatic rings. The summed E-state index contributed by atoms with van der Waals surface area (Å²) in [5.74, 6) is 1.07. The van der Waals surface area contributed by atoms with Crippen molar-refractivity contribution in [1.82, 2.24) is 20.8 Å². The number of hydrogen-bond acceptors (Lipinski definition) is 5. The molecule has 1 fully saturated rings. The highest BCUT2D eigenvalue weighted by molar-refractivity contribution is 5.91. The highest BCUT2D eigenvalue weighted by Gasteiger charge is 2.31. The molecule has 1 aromatic carbocycles. The molecule has 1 unspecified atom stereocenters. The summed E-state index contributed by atoms with van der Waals surface area (Å²) < 4.78 is 5.17. The lowest BCUT2D eigenvalue weighted by atomic mass is 10.0. The molecular weight excluding hydrogens is 320 g/mol. The van der Waals surface area contributed by atoms with Gasteiger partial charge in [0.2, 0.25) is 23.5 Å². The normalized spacial score (nSPS) is 21.9. The molecule has 0 spiro atoms. The summed E-state index contributed by atoms with van der Waals surface area (Å²) >= 11 is 0. The molecule has 130 valence electrons. The first kappa shape index (κ1) is 15.8. The van der Waals surface area contributed by atoms with Crippen LogP contribution in [0.3, 0.4) is 0 Å². The van der Waals surface area contributed by atoms with Gasteiger partial charge in [0.05, 0.1) is 6.04 Å². The minimum Gasteiger partial charge on any atom is -0.347 e. The Bertz CT molecular complexity index is 829. The fourth-order valence-electron chi connectivity index (χ4n) is 3.51. The maximum atomic E-state index is 12.3. The maximum Gasteiger partial charge on any atom is 0.243 e. The van der Waals surface area contributed by atoms with E-state index in [1.165, 1.54) is 5.56 Å². The zero-order chi connectivity index (χ0) is 17.4. The molecule has 7 heteroatoms. The van der Waals surface area contributed by atoms with Gasteiger partial charge in [0.1, 0.15) is 6.04 Å². The van der Waals surface area contributed by atoms with Gasteiger partial charge in [-0.1, -0.05) is 24.2 Å². The van der Waals surface area contributed by atoms with Crippen LogP contribution in [0.1, 0.15) is 49.2 Å². The number of nitrogens with one attached hydrogen (secondary N) is 2. The number of aryl methyl sites for hydroxylation is 2. The third-order valence-corrected chi connectivity index (χ3v) is 4.88. The zero-order valence-electron chi connectivity index (χ0n) is 14.0. The van der Waals surface area contributed by atoms with Crippen LogP contribution in [0.4, 0.5) is 0 Å². The molecule has 0 saturated carbocycles. The lowest BCUT2D eigenvalue weighted by molar-refractivity contribution is -0.126. The van der Waals surface area contributed by atoms with Crippen LogP contribution in [0, 0.1) is 0 Å². The van der Waals surface area contributed by atoms with Crippen molar-refractivity contribution >= 4 is 11.8 Å². The summed E-state index contributed by atoms with van der Waals surface area (Å²) in [6.07, 6.45) is 3.46. The van der Waals surface area contributed by atoms with E-state index >= 15 is 0 Å². The van der Waals surface area contributed by atoms with Gasteiger partial charge in [0.15, 0.2) is 0 Å². The predicted molar refractivity (Wildman–Crippen MR) is 89.5 cm³/mol. The van der Waals surface area contributed by atoms with E-state index in [2.05, 4.69) is 26.8 Å². The van der Waals surface area contributed by atoms with E-state index < -0.39 is 6.04 Å². The van der Waals surface area contributed by atoms with Crippen LogP contribution in [-0.4, -0.2) is 28.0 Å². The predicted octanol–water partition coefficient (Wildman–Crippen LogP) is 1.68. The average molecular weight is 340 g/mol. The van der Waals surface area contributed by atoms with E-state index in [1.54, 1.807) is 0 Å². The van der Waals surface area contributed by atoms with Crippen LogP contribution in [0.25, 0.3) is 11.4 Å². The Balaban J connectivity index is 1.49. The molecule has 7 nitrogen and oxygen atoms in total. The van der Waals surface area contributed by atoms with E-state index in [-0.39, 0.29) is 17.9 Å². The van der Waals surface area contributed by atoms with Crippen molar-refractivity contribution in [3.05, 3.63) is 35.2 Å². The van der Waals surface area contributed by atoms with Gasteiger partial charge in [-0.25, -0.2) is 0 Å². The van der Waals surface area contributed by atoms with Gasteiger partial charge in [-0.15, -0.1) is 0 Å². The Kier molecular flexibility index (Phi) is 3.99. The van der Waals surface area contributed by atoms with Crippen LogP contribution < -0.4 is 10.6 Å². The molecular formula is C18H20N4O3. The van der Waals surface area contributed by atoms with Crippen LogP contribution in [-0.2, 0) is 22.4 Å². The lowest BCUT2D eigenvalue weighted by Gasteiger charge is -2.17. The van der Waals surface area contributed by atoms with E-state index in [0.717, 1.165) is 24.0 Å². The number of aromatic nitrogens is 2. The van der Waals surface area contributed by atoms with E-state index in [4.69, 9.17) is 4.52 Å². The molecule has 1 aromatic heterocycles. The fourth-order valence-corrected chi connectivity index (χ4v) is 3.51. The highest BCUT2D eigenvalue weighted by atomic mass is 16.5. The number of nitrogens with zero attached hydrogens (tertiary/aromatic N) is 2. The lowest BCUT2D eigenvalue weighted by Crippen LogP contribution is -2.42. The molecule has 1 saturated heterocycles. The highest BCUT2D eigenvalue weighted by Crippen LogP contribution is 2.34. The number of benzene rings is 1. The van der Waals surface area contributed by atoms with Gasteiger partial charge in [0, 0.05) is 18.4 Å². The summed E-state index contributed by atoms with van der Waals surface area (Å²) in [5.41, 5.74) is 3.25. The van der Waals surface area contributed by atoms with Gasteiger partial charge < -0.3 is 15.2 Å². The second-order valence-electron chi connectivity index (χ2n) is 6.54. The van der Waals surface area contributed by atoms with Gasteiger partial charge in [-0.05, 0) is 36.5 Å². The number of rotatable bonds is 4. The second kappa shape index (κ2) is 6.31. The first-order valence-corrected chi connectivity index (χ1v) is 8.69. The summed E-state index contributed by atoms with van der Waals surface area (Å²) in [7, 11) is 0. The standard InChI is InChI=1S/C18H20N4O3/c1-2-16-21-17(22-25-16)11-3-5-12-10(9-11)4-6-13(12)20-18(24)14-7-8-15(23)19-14/h3,5,9,13-14H,2,4,6-8H2,1H3,(H,19,23)(H,20,24)/t13-,14?/m1/s1. The smallest absolute Gasteiger partial charge is 0.243 e. The minimum atomic E-state index is -0.400. The van der Waals surface area contributed by atoms with Crippen LogP contribution in [0.5, 0.6) is 0 Å². The molecule has 1 aliphatic carbocycles. The first-order chi connectivity index (χ1) is 12.1. The number of carbonyl (C=O) groups is 2. The third kappa shape index (κ3) is 3.01. The summed E-state index contributed by atoms with van der Waals surface area (Å²) in [6, 6.07) is 5.65. The van der Waals surface area contributed by atoms with E-state index in [9.17, 15) is 9.59 Å². The van der Waals surface area contributed by atoms with Crippen molar-refractivity contribution < 1.29 is 14.1 Å². The molecule has 2 aliphatic rings. The van der Waals surface area contributed by atoms with Crippen molar-refractivity contribution in [2.24, 2.45) is 0 Å². The molecule has 1 aliphatic heterocycles. The number of carbonyl (C=O) groups excluding carboxylic acids is 2. The van der Waals surface area contributed by atoms with Crippen molar-refractivity contribution in [3.8, 4) is 11.4 Å². The largest absolute Gasteiger partial charge is 0.347 e. The van der Waals surface area contributed by atoms with Gasteiger partial charge >= 0.3 is 0 Å². The van der Waals surface area contributed by atoms with Crippen molar-refractivity contribution in [1.29, 1.82) is 0 Å². The number of fused-ring (bicyclic) bond motifs is 1. The zero-order valence-corrected chi connectivity index (χ0v) is 14.0. The van der Waals surface area contributed by atoms with Crippen LogP contribution in [0.2, 0.25) is 0 Å². The quantitative estimate of drug-likeness (QED) is 0.882. The molecule has 2 amide bonds. The molecule has 0 radical (unpaired) electrons. The Hall–Kier alpha value is -2.70. The van der Waals surface area contributed by atoms with E-state index in [0.29, 0.717) is 31.0 Å². The first-order valence-electron chi connectivity index (χ1n) is 8.69. The molecule has 2 heterocycles. The van der Waals surface area contributed by atoms with Gasteiger partial charge in [-0.2, -0.15) is 4.98 Å². The molecule has 2 atom stereocenters. The molecule has 2 N–H and O–H groups in total. The summed E-state index contributed by atoms with van der Waals surface area (Å²) in [6.45, 7) is 1.97. The van der Waals surface area contributed by atoms with Gasteiger partial charge in [0.25, 0.3) is 0 Å². The fraction of sp³-hybridized carbons (Fsp3) is 0.444.